The Morgan fingerprint density at radius 2 is 1.94 bits per heavy atom. The quantitative estimate of drug-likeness (QED) is 0.361. The number of nitrogens with zero attached hydrogens (tertiary/aromatic N) is 2. The van der Waals surface area contributed by atoms with Crippen LogP contribution in [0.2, 0.25) is 0 Å². The molecule has 0 saturated carbocycles. The first-order valence-corrected chi connectivity index (χ1v) is 10.8. The molecule has 1 amide bonds. The minimum Gasteiger partial charge on any atom is -0.497 e. The van der Waals surface area contributed by atoms with Gasteiger partial charge in [-0.15, -0.1) is 0 Å². The molecule has 1 aliphatic rings. The van der Waals surface area contributed by atoms with Gasteiger partial charge in [-0.3, -0.25) is 14.2 Å². The van der Waals surface area contributed by atoms with E-state index in [1.165, 1.54) is 11.8 Å². The smallest absolute Gasteiger partial charge is 0.228 e. The van der Waals surface area contributed by atoms with Gasteiger partial charge < -0.3 is 10.1 Å². The number of hydrogen-bond acceptors (Lipinski definition) is 5. The van der Waals surface area contributed by atoms with E-state index in [-0.39, 0.29) is 17.4 Å². The van der Waals surface area contributed by atoms with Crippen LogP contribution in [0, 0.1) is 0 Å². The van der Waals surface area contributed by atoms with Crippen LogP contribution in [0.1, 0.15) is 15.9 Å². The molecule has 7 heteroatoms. The normalized spacial score (nSPS) is 12.6. The van der Waals surface area contributed by atoms with E-state index in [0.29, 0.717) is 12.0 Å². The summed E-state index contributed by atoms with van der Waals surface area (Å²) in [5.74, 6) is 0.990. The molecule has 2 heterocycles. The largest absolute Gasteiger partial charge is 0.497 e. The van der Waals surface area contributed by atoms with E-state index in [0.717, 1.165) is 38.9 Å². The highest BCUT2D eigenvalue weighted by atomic mass is 32.2. The number of aromatic nitrogens is 2. The highest BCUT2D eigenvalue weighted by molar-refractivity contribution is 7.99. The summed E-state index contributed by atoms with van der Waals surface area (Å²) in [6.07, 6.45) is 0.316. The topological polar surface area (TPSA) is 73.2 Å². The van der Waals surface area contributed by atoms with E-state index >= 15 is 0 Å². The van der Waals surface area contributed by atoms with Gasteiger partial charge in [-0.1, -0.05) is 23.9 Å². The van der Waals surface area contributed by atoms with Gasteiger partial charge in [0.2, 0.25) is 5.91 Å². The Kier molecular flexibility index (Phi) is 4.95. The van der Waals surface area contributed by atoms with Crippen LogP contribution in [0.15, 0.2) is 71.9 Å². The molecular weight excluding hydrogens is 410 g/mol. The number of para-hydroxylation sites is 2. The SMILES string of the molecule is COc1ccc(-n2c(SCC(=O)c3ccc4c(c3)CC(=O)N4)nc3ccccc32)cc1. The minimum atomic E-state index is -0.0396. The van der Waals surface area contributed by atoms with Gasteiger partial charge in [0.1, 0.15) is 5.75 Å². The number of amides is 1. The lowest BCUT2D eigenvalue weighted by Gasteiger charge is -2.10. The van der Waals surface area contributed by atoms with Gasteiger partial charge in [-0.2, -0.15) is 0 Å². The van der Waals surface area contributed by atoms with E-state index in [1.54, 1.807) is 19.2 Å². The minimum absolute atomic E-state index is 0.000450. The van der Waals surface area contributed by atoms with Crippen LogP contribution in [0.5, 0.6) is 5.75 Å². The van der Waals surface area contributed by atoms with Crippen molar-refractivity contribution in [1.82, 2.24) is 9.55 Å². The number of anilines is 1. The molecule has 0 radical (unpaired) electrons. The van der Waals surface area contributed by atoms with Crippen molar-refractivity contribution in [3.63, 3.8) is 0 Å². The third-order valence-corrected chi connectivity index (χ3v) is 6.18. The molecule has 6 nitrogen and oxygen atoms in total. The van der Waals surface area contributed by atoms with Crippen LogP contribution < -0.4 is 10.1 Å². The zero-order valence-corrected chi connectivity index (χ0v) is 17.6. The molecule has 1 N–H and O–H groups in total. The van der Waals surface area contributed by atoms with Crippen molar-refractivity contribution in [3.05, 3.63) is 77.9 Å². The highest BCUT2D eigenvalue weighted by Crippen LogP contribution is 2.30. The van der Waals surface area contributed by atoms with Crippen LogP contribution in [-0.4, -0.2) is 34.1 Å². The molecule has 1 aromatic heterocycles. The number of ether oxygens (including phenoxy) is 1. The second kappa shape index (κ2) is 7.92. The molecular formula is C24H19N3O3S. The van der Waals surface area contributed by atoms with E-state index in [4.69, 9.17) is 9.72 Å². The van der Waals surface area contributed by atoms with Crippen molar-refractivity contribution in [2.75, 3.05) is 18.2 Å². The molecule has 5 rings (SSSR count). The summed E-state index contributed by atoms with van der Waals surface area (Å²) < 4.78 is 7.32. The molecule has 1 aliphatic heterocycles. The number of fused-ring (bicyclic) bond motifs is 2. The van der Waals surface area contributed by atoms with Crippen LogP contribution >= 0.6 is 11.8 Å². The number of carbonyl (C=O) groups excluding carboxylic acids is 2. The Labute approximate surface area is 183 Å². The van der Waals surface area contributed by atoms with Gasteiger partial charge in [-0.25, -0.2) is 4.98 Å². The van der Waals surface area contributed by atoms with Crippen LogP contribution in [0.4, 0.5) is 5.69 Å². The average molecular weight is 430 g/mol. The first-order chi connectivity index (χ1) is 15.1. The summed E-state index contributed by atoms with van der Waals surface area (Å²) in [4.78, 5) is 29.2. The van der Waals surface area contributed by atoms with E-state index in [2.05, 4.69) is 9.88 Å². The number of carbonyl (C=O) groups is 2. The third-order valence-electron chi connectivity index (χ3n) is 5.25. The number of nitrogens with one attached hydrogen (secondary N) is 1. The summed E-state index contributed by atoms with van der Waals surface area (Å²) in [6.45, 7) is 0. The number of ketones is 1. The van der Waals surface area contributed by atoms with Crippen molar-refractivity contribution in [2.45, 2.75) is 11.6 Å². The van der Waals surface area contributed by atoms with E-state index < -0.39 is 0 Å². The van der Waals surface area contributed by atoms with Crippen LogP contribution in [0.3, 0.4) is 0 Å². The molecule has 0 atom stereocenters. The monoisotopic (exact) mass is 429 g/mol. The first-order valence-electron chi connectivity index (χ1n) is 9.83. The van der Waals surface area contributed by atoms with Gasteiger partial charge >= 0.3 is 0 Å². The fraction of sp³-hybridized carbons (Fsp3) is 0.125. The number of thioether (sulfide) groups is 1. The maximum Gasteiger partial charge on any atom is 0.228 e. The summed E-state index contributed by atoms with van der Waals surface area (Å²) in [7, 11) is 1.64. The predicted octanol–water partition coefficient (Wildman–Crippen LogP) is 4.50. The molecule has 0 spiro atoms. The Bertz CT molecular complexity index is 1310. The summed E-state index contributed by atoms with van der Waals surface area (Å²) >= 11 is 1.40. The predicted molar refractivity (Wildman–Crippen MR) is 121 cm³/mol. The van der Waals surface area contributed by atoms with Gasteiger partial charge in [0.15, 0.2) is 10.9 Å². The molecule has 3 aromatic carbocycles. The Balaban J connectivity index is 1.43. The number of methoxy groups -OCH3 is 1. The zero-order valence-electron chi connectivity index (χ0n) is 16.8. The standard InChI is InChI=1S/C24H19N3O3S/c1-30-18-9-7-17(8-10-18)27-21-5-3-2-4-20(21)26-24(27)31-14-22(28)15-6-11-19-16(12-15)13-23(29)25-19/h2-12H,13-14H2,1H3,(H,25,29). The van der Waals surface area contributed by atoms with Crippen molar-refractivity contribution < 1.29 is 14.3 Å². The fourth-order valence-electron chi connectivity index (χ4n) is 3.70. The molecule has 0 saturated heterocycles. The van der Waals surface area contributed by atoms with Gasteiger partial charge in [-0.05, 0) is 60.2 Å². The molecule has 0 unspecified atom stereocenters. The molecule has 0 aliphatic carbocycles. The lowest BCUT2D eigenvalue weighted by atomic mass is 10.1. The second-order valence-corrected chi connectivity index (χ2v) is 8.17. The number of rotatable bonds is 6. The summed E-state index contributed by atoms with van der Waals surface area (Å²) in [5.41, 5.74) is 5.06. The fourth-order valence-corrected chi connectivity index (χ4v) is 4.62. The van der Waals surface area contributed by atoms with E-state index in [1.807, 2.05) is 54.6 Å². The van der Waals surface area contributed by atoms with Crippen LogP contribution in [-0.2, 0) is 11.2 Å². The maximum absolute atomic E-state index is 12.9. The Morgan fingerprint density at radius 1 is 1.13 bits per heavy atom. The zero-order chi connectivity index (χ0) is 21.4. The van der Waals surface area contributed by atoms with Crippen molar-refractivity contribution in [2.24, 2.45) is 0 Å². The summed E-state index contributed by atoms with van der Waals surface area (Å²) in [5, 5.41) is 3.54. The molecule has 154 valence electrons. The molecule has 0 fully saturated rings. The van der Waals surface area contributed by atoms with Gasteiger partial charge in [0.25, 0.3) is 0 Å². The second-order valence-electron chi connectivity index (χ2n) is 7.23. The van der Waals surface area contributed by atoms with Crippen molar-refractivity contribution in [3.8, 4) is 11.4 Å². The average Bonchev–Trinajstić information content (AvgIpc) is 3.36. The van der Waals surface area contributed by atoms with Gasteiger partial charge in [0.05, 0.1) is 30.3 Å². The molecule has 0 bridgehead atoms. The number of imidazole rings is 1. The number of Topliss-reactive ketones (excluding diaryl/α,β-unsaturated/α-hetero) is 1. The molecule has 4 aromatic rings. The van der Waals surface area contributed by atoms with Crippen molar-refractivity contribution >= 4 is 40.2 Å². The maximum atomic E-state index is 12.9. The lowest BCUT2D eigenvalue weighted by molar-refractivity contribution is -0.115. The number of hydrogen-bond donors (Lipinski definition) is 1. The van der Waals surface area contributed by atoms with Gasteiger partial charge in [0, 0.05) is 16.9 Å². The Morgan fingerprint density at radius 3 is 2.74 bits per heavy atom. The summed E-state index contributed by atoms with van der Waals surface area (Å²) in [6, 6.07) is 21.0. The Hall–Kier alpha value is -3.58. The van der Waals surface area contributed by atoms with Crippen LogP contribution in [0.25, 0.3) is 16.7 Å². The third kappa shape index (κ3) is 3.68. The van der Waals surface area contributed by atoms with Crippen molar-refractivity contribution in [1.29, 1.82) is 0 Å². The lowest BCUT2D eigenvalue weighted by Crippen LogP contribution is -2.05. The highest BCUT2D eigenvalue weighted by Gasteiger charge is 2.20. The molecule has 31 heavy (non-hydrogen) atoms. The number of benzene rings is 3. The van der Waals surface area contributed by atoms with E-state index in [9.17, 15) is 9.59 Å². The first kappa shape index (κ1) is 19.4.